The molecule has 0 aromatic carbocycles. The standard InChI is InChI=1S/C10H24NO/c1-10(12-5)8-6-7-9-11(2,3)4/h10H,6-9H2,1-5H3/q+1. The normalized spacial score (nSPS) is 14.8. The number of ether oxygens (including phenoxy) is 1. The SMILES string of the molecule is COC(C)CCCC[N+](C)(C)C. The molecule has 0 N–H and O–H groups in total. The van der Waals surface area contributed by atoms with Crippen LogP contribution in [0.3, 0.4) is 0 Å². The van der Waals surface area contributed by atoms with E-state index in [1.165, 1.54) is 25.8 Å². The Morgan fingerprint density at radius 2 is 1.75 bits per heavy atom. The third-order valence-corrected chi connectivity index (χ3v) is 2.09. The molecule has 0 radical (unpaired) electrons. The minimum atomic E-state index is 0.428. The lowest BCUT2D eigenvalue weighted by Gasteiger charge is -2.23. The molecule has 1 atom stereocenters. The van der Waals surface area contributed by atoms with Crippen molar-refractivity contribution >= 4 is 0 Å². The number of hydrogen-bond donors (Lipinski definition) is 0. The maximum atomic E-state index is 5.18. The summed E-state index contributed by atoms with van der Waals surface area (Å²) in [5.41, 5.74) is 0. The number of nitrogens with zero attached hydrogens (tertiary/aromatic N) is 1. The molecule has 0 fully saturated rings. The molecule has 0 aromatic heterocycles. The molecule has 0 rings (SSSR count). The third kappa shape index (κ3) is 8.02. The molecule has 0 saturated carbocycles. The molecule has 2 heteroatoms. The molecule has 2 nitrogen and oxygen atoms in total. The Hall–Kier alpha value is -0.0800. The zero-order chi connectivity index (χ0) is 9.61. The first-order chi connectivity index (χ1) is 5.45. The summed E-state index contributed by atoms with van der Waals surface area (Å²) < 4.78 is 6.25. The predicted octanol–water partition coefficient (Wildman–Crippen LogP) is 1.90. The highest BCUT2D eigenvalue weighted by atomic mass is 16.5. The van der Waals surface area contributed by atoms with Crippen LogP contribution in [-0.4, -0.2) is 45.4 Å². The second-order valence-electron chi connectivity index (χ2n) is 4.56. The highest BCUT2D eigenvalue weighted by molar-refractivity contribution is 4.49. The Balaban J connectivity index is 3.22. The average molecular weight is 174 g/mol. The molecule has 0 heterocycles. The molecule has 0 bridgehead atoms. The van der Waals surface area contributed by atoms with Gasteiger partial charge in [-0.15, -0.1) is 0 Å². The Morgan fingerprint density at radius 3 is 2.17 bits per heavy atom. The van der Waals surface area contributed by atoms with Gasteiger partial charge in [-0.05, 0) is 26.2 Å². The van der Waals surface area contributed by atoms with Gasteiger partial charge >= 0.3 is 0 Å². The van der Waals surface area contributed by atoms with Crippen molar-refractivity contribution in [3.8, 4) is 0 Å². The first-order valence-electron chi connectivity index (χ1n) is 4.79. The summed E-state index contributed by atoms with van der Waals surface area (Å²) in [6, 6.07) is 0. The van der Waals surface area contributed by atoms with E-state index in [0.29, 0.717) is 6.10 Å². The van der Waals surface area contributed by atoms with Crippen LogP contribution in [0.4, 0.5) is 0 Å². The number of hydrogen-bond acceptors (Lipinski definition) is 1. The van der Waals surface area contributed by atoms with E-state index in [0.717, 1.165) is 4.48 Å². The van der Waals surface area contributed by atoms with Crippen molar-refractivity contribution in [2.24, 2.45) is 0 Å². The summed E-state index contributed by atoms with van der Waals surface area (Å²) in [6.07, 6.45) is 4.20. The Labute approximate surface area is 77.1 Å². The summed E-state index contributed by atoms with van der Waals surface area (Å²) >= 11 is 0. The minimum absolute atomic E-state index is 0.428. The molecule has 0 aliphatic rings. The van der Waals surface area contributed by atoms with E-state index in [4.69, 9.17) is 4.74 Å². The van der Waals surface area contributed by atoms with Gasteiger partial charge in [0.2, 0.25) is 0 Å². The van der Waals surface area contributed by atoms with E-state index >= 15 is 0 Å². The summed E-state index contributed by atoms with van der Waals surface area (Å²) in [4.78, 5) is 0. The van der Waals surface area contributed by atoms with Crippen LogP contribution in [0.1, 0.15) is 26.2 Å². The van der Waals surface area contributed by atoms with Crippen LogP contribution < -0.4 is 0 Å². The molecule has 1 unspecified atom stereocenters. The molecular formula is C10H24NO+. The van der Waals surface area contributed by atoms with E-state index in [2.05, 4.69) is 28.1 Å². The van der Waals surface area contributed by atoms with E-state index in [1.807, 2.05) is 0 Å². The van der Waals surface area contributed by atoms with Gasteiger partial charge in [0.25, 0.3) is 0 Å². The van der Waals surface area contributed by atoms with Crippen molar-refractivity contribution < 1.29 is 9.22 Å². The van der Waals surface area contributed by atoms with Crippen molar-refractivity contribution in [2.45, 2.75) is 32.3 Å². The zero-order valence-corrected chi connectivity index (χ0v) is 9.26. The van der Waals surface area contributed by atoms with Gasteiger partial charge in [0.05, 0.1) is 33.8 Å². The topological polar surface area (TPSA) is 9.23 Å². The van der Waals surface area contributed by atoms with Crippen LogP contribution in [0.15, 0.2) is 0 Å². The molecule has 0 spiro atoms. The van der Waals surface area contributed by atoms with Crippen LogP contribution in [0.25, 0.3) is 0 Å². The van der Waals surface area contributed by atoms with Gasteiger partial charge in [-0.1, -0.05) is 0 Å². The lowest BCUT2D eigenvalue weighted by molar-refractivity contribution is -0.870. The largest absolute Gasteiger partial charge is 0.382 e. The van der Waals surface area contributed by atoms with Crippen LogP contribution in [0, 0.1) is 0 Å². The molecule has 12 heavy (non-hydrogen) atoms. The van der Waals surface area contributed by atoms with Crippen LogP contribution >= 0.6 is 0 Å². The van der Waals surface area contributed by atoms with Gasteiger partial charge in [0.15, 0.2) is 0 Å². The molecule has 0 aromatic rings. The second kappa shape index (κ2) is 5.55. The summed E-state index contributed by atoms with van der Waals surface area (Å²) in [6.45, 7) is 3.39. The number of methoxy groups -OCH3 is 1. The smallest absolute Gasteiger partial charge is 0.0780 e. The van der Waals surface area contributed by atoms with Crippen LogP contribution in [0.2, 0.25) is 0 Å². The van der Waals surface area contributed by atoms with E-state index in [1.54, 1.807) is 7.11 Å². The second-order valence-corrected chi connectivity index (χ2v) is 4.56. The number of rotatable bonds is 6. The van der Waals surface area contributed by atoms with Gasteiger partial charge < -0.3 is 9.22 Å². The average Bonchev–Trinajstić information content (AvgIpc) is 1.96. The van der Waals surface area contributed by atoms with E-state index in [-0.39, 0.29) is 0 Å². The van der Waals surface area contributed by atoms with E-state index in [9.17, 15) is 0 Å². The summed E-state index contributed by atoms with van der Waals surface area (Å²) in [7, 11) is 8.49. The van der Waals surface area contributed by atoms with Crippen molar-refractivity contribution in [3.05, 3.63) is 0 Å². The Kier molecular flexibility index (Phi) is 5.51. The van der Waals surface area contributed by atoms with Gasteiger partial charge in [0.1, 0.15) is 0 Å². The molecule has 0 amide bonds. The zero-order valence-electron chi connectivity index (χ0n) is 9.26. The first-order valence-corrected chi connectivity index (χ1v) is 4.79. The lowest BCUT2D eigenvalue weighted by Crippen LogP contribution is -2.35. The monoisotopic (exact) mass is 174 g/mol. The fraction of sp³-hybridized carbons (Fsp3) is 1.00. The maximum Gasteiger partial charge on any atom is 0.0780 e. The maximum absolute atomic E-state index is 5.18. The van der Waals surface area contributed by atoms with Crippen molar-refractivity contribution in [2.75, 3.05) is 34.8 Å². The highest BCUT2D eigenvalue weighted by Gasteiger charge is 2.06. The highest BCUT2D eigenvalue weighted by Crippen LogP contribution is 2.05. The summed E-state index contributed by atoms with van der Waals surface area (Å²) in [5.74, 6) is 0. The Bertz CT molecular complexity index is 107. The van der Waals surface area contributed by atoms with E-state index < -0.39 is 0 Å². The fourth-order valence-corrected chi connectivity index (χ4v) is 1.14. The van der Waals surface area contributed by atoms with Crippen molar-refractivity contribution in [1.29, 1.82) is 0 Å². The molecule has 0 aliphatic carbocycles. The molecule has 0 saturated heterocycles. The number of unbranched alkanes of at least 4 members (excludes halogenated alkanes) is 1. The van der Waals surface area contributed by atoms with Gasteiger partial charge in [-0.25, -0.2) is 0 Å². The summed E-state index contributed by atoms with van der Waals surface area (Å²) in [5, 5.41) is 0. The minimum Gasteiger partial charge on any atom is -0.382 e. The van der Waals surface area contributed by atoms with Crippen LogP contribution in [0.5, 0.6) is 0 Å². The van der Waals surface area contributed by atoms with Crippen LogP contribution in [-0.2, 0) is 4.74 Å². The van der Waals surface area contributed by atoms with Gasteiger partial charge in [-0.3, -0.25) is 0 Å². The van der Waals surface area contributed by atoms with Gasteiger partial charge in [0, 0.05) is 7.11 Å². The predicted molar refractivity (Wildman–Crippen MR) is 53.2 cm³/mol. The van der Waals surface area contributed by atoms with Crippen molar-refractivity contribution in [3.63, 3.8) is 0 Å². The molecule has 74 valence electrons. The quantitative estimate of drug-likeness (QED) is 0.441. The van der Waals surface area contributed by atoms with Crippen molar-refractivity contribution in [1.82, 2.24) is 0 Å². The molecular weight excluding hydrogens is 150 g/mol. The van der Waals surface area contributed by atoms with Gasteiger partial charge in [-0.2, -0.15) is 0 Å². The molecule has 0 aliphatic heterocycles. The lowest BCUT2D eigenvalue weighted by atomic mass is 10.1. The Morgan fingerprint density at radius 1 is 1.17 bits per heavy atom. The third-order valence-electron chi connectivity index (χ3n) is 2.09. The fourth-order valence-electron chi connectivity index (χ4n) is 1.14. The first kappa shape index (κ1) is 11.9. The number of quaternary nitrogens is 1.